The summed E-state index contributed by atoms with van der Waals surface area (Å²) >= 11 is 6.32. The van der Waals surface area contributed by atoms with Crippen LogP contribution in [0.15, 0.2) is 47.0 Å². The van der Waals surface area contributed by atoms with Gasteiger partial charge in [0.05, 0.1) is 35.9 Å². The van der Waals surface area contributed by atoms with E-state index in [1.165, 1.54) is 6.07 Å². The van der Waals surface area contributed by atoms with Gasteiger partial charge in [-0.1, -0.05) is 40.2 Å². The Labute approximate surface area is 243 Å². The number of morpholine rings is 1. The fraction of sp³-hybridized carbons (Fsp3) is 0.296. The largest absolute Gasteiger partial charge is 0.416 e. The number of hydrogen-bond donors (Lipinski definition) is 0. The molecule has 1 aliphatic rings. The Morgan fingerprint density at radius 1 is 0.977 bits per heavy atom. The van der Waals surface area contributed by atoms with E-state index in [-0.39, 0.29) is 71.3 Å². The number of nitrogens with zero attached hydrogens (tertiary/aromatic N) is 5. The first kappa shape index (κ1) is 30.2. The maximum atomic E-state index is 14.1. The minimum Gasteiger partial charge on any atom is -0.378 e. The Hall–Kier alpha value is -4.24. The average Bonchev–Trinajstić information content (AvgIpc) is 3.57. The monoisotopic (exact) mass is 627 g/mol. The maximum absolute atomic E-state index is 14.1. The number of halogens is 7. The topological polar surface area (TPSA) is 103 Å². The van der Waals surface area contributed by atoms with E-state index in [1.807, 2.05) is 0 Å². The van der Waals surface area contributed by atoms with Gasteiger partial charge in [0, 0.05) is 25.6 Å². The number of carbonyl (C=O) groups excluding carboxylic acids is 2. The Bertz CT molecular complexity index is 1660. The number of ether oxygens (including phenoxy) is 1. The molecule has 0 unspecified atom stereocenters. The van der Waals surface area contributed by atoms with Crippen LogP contribution < -0.4 is 4.90 Å². The smallest absolute Gasteiger partial charge is 0.378 e. The summed E-state index contributed by atoms with van der Waals surface area (Å²) in [4.78, 5) is 28.1. The summed E-state index contributed by atoms with van der Waals surface area (Å²) < 4.78 is 92.6. The van der Waals surface area contributed by atoms with Crippen molar-refractivity contribution in [1.82, 2.24) is 20.2 Å². The Morgan fingerprint density at radius 3 is 2.19 bits per heavy atom. The molecule has 0 bridgehead atoms. The summed E-state index contributed by atoms with van der Waals surface area (Å²) in [5.41, 5.74) is -3.77. The fourth-order valence-electron chi connectivity index (χ4n) is 4.63. The van der Waals surface area contributed by atoms with Crippen LogP contribution in [0.1, 0.15) is 50.2 Å². The second kappa shape index (κ2) is 11.4. The van der Waals surface area contributed by atoms with Crippen LogP contribution in [0.3, 0.4) is 0 Å². The van der Waals surface area contributed by atoms with Crippen molar-refractivity contribution in [3.05, 3.63) is 81.2 Å². The molecular weight excluding hydrogens is 608 g/mol. The van der Waals surface area contributed by atoms with E-state index in [0.29, 0.717) is 12.1 Å². The SMILES string of the molecule is CC(=O)c1onc(-c2ccccc2Cl)c1C(=O)c1nnn(Cc2cc(C(F)(F)F)cc(C(F)(F)F)c2)c1N1CCOCC1. The van der Waals surface area contributed by atoms with Crippen LogP contribution in [0.2, 0.25) is 5.02 Å². The highest BCUT2D eigenvalue weighted by molar-refractivity contribution is 6.33. The molecule has 2 aromatic carbocycles. The number of aromatic nitrogens is 4. The number of hydrogen-bond acceptors (Lipinski definition) is 8. The van der Waals surface area contributed by atoms with Gasteiger partial charge in [-0.25, -0.2) is 4.68 Å². The van der Waals surface area contributed by atoms with Crippen molar-refractivity contribution in [2.45, 2.75) is 25.8 Å². The van der Waals surface area contributed by atoms with Crippen LogP contribution in [-0.4, -0.2) is 58.0 Å². The molecule has 0 N–H and O–H groups in total. The summed E-state index contributed by atoms with van der Waals surface area (Å²) in [6.07, 6.45) is -10.1. The van der Waals surface area contributed by atoms with Gasteiger partial charge in [0.2, 0.25) is 11.5 Å². The zero-order chi connectivity index (χ0) is 31.1. The van der Waals surface area contributed by atoms with E-state index in [2.05, 4.69) is 15.5 Å². The molecule has 1 fully saturated rings. The second-order valence-electron chi connectivity index (χ2n) is 9.53. The van der Waals surface area contributed by atoms with Gasteiger partial charge in [-0.05, 0) is 29.8 Å². The van der Waals surface area contributed by atoms with Crippen molar-refractivity contribution in [2.75, 3.05) is 31.2 Å². The first-order valence-corrected chi connectivity index (χ1v) is 13.0. The standard InChI is InChI=1S/C27H20ClF6N5O4/c1-14(40)24-20(21(36-43-24)18-4-2-3-5-19(18)28)23(41)22-25(38-6-8-42-9-7-38)39(37-35-22)13-15-10-16(26(29,30)31)12-17(11-15)27(32,33)34/h2-5,10-12H,6-9,13H2,1H3. The fourth-order valence-corrected chi connectivity index (χ4v) is 4.86. The van der Waals surface area contributed by atoms with Crippen molar-refractivity contribution in [3.63, 3.8) is 0 Å². The lowest BCUT2D eigenvalue weighted by molar-refractivity contribution is -0.143. The number of Topliss-reactive ketones (excluding diaryl/α,β-unsaturated/α-hetero) is 1. The van der Waals surface area contributed by atoms with Gasteiger partial charge in [-0.2, -0.15) is 26.3 Å². The zero-order valence-electron chi connectivity index (χ0n) is 22.1. The van der Waals surface area contributed by atoms with Crippen molar-refractivity contribution >= 4 is 29.0 Å². The van der Waals surface area contributed by atoms with Crippen LogP contribution in [-0.2, 0) is 23.6 Å². The number of benzene rings is 2. The molecule has 0 radical (unpaired) electrons. The van der Waals surface area contributed by atoms with Crippen molar-refractivity contribution < 1.29 is 45.2 Å². The predicted octanol–water partition coefficient (Wildman–Crippen LogP) is 5.94. The lowest BCUT2D eigenvalue weighted by atomic mass is 9.99. The molecule has 0 spiro atoms. The van der Waals surface area contributed by atoms with Gasteiger partial charge in [-0.15, -0.1) is 5.10 Å². The van der Waals surface area contributed by atoms with Gasteiger partial charge in [0.1, 0.15) is 11.3 Å². The first-order valence-electron chi connectivity index (χ1n) is 12.6. The summed E-state index contributed by atoms with van der Waals surface area (Å²) in [5, 5.41) is 12.0. The molecule has 1 saturated heterocycles. The van der Waals surface area contributed by atoms with Crippen molar-refractivity contribution in [2.24, 2.45) is 0 Å². The lowest BCUT2D eigenvalue weighted by Crippen LogP contribution is -2.38. The molecule has 43 heavy (non-hydrogen) atoms. The molecule has 0 saturated carbocycles. The molecular formula is C27H20ClF6N5O4. The lowest BCUT2D eigenvalue weighted by Gasteiger charge is -2.29. The van der Waals surface area contributed by atoms with Crippen molar-refractivity contribution in [3.8, 4) is 11.3 Å². The van der Waals surface area contributed by atoms with Crippen LogP contribution in [0.5, 0.6) is 0 Å². The number of alkyl halides is 6. The van der Waals surface area contributed by atoms with Crippen molar-refractivity contribution in [1.29, 1.82) is 0 Å². The predicted molar refractivity (Wildman–Crippen MR) is 139 cm³/mol. The third kappa shape index (κ3) is 6.13. The van der Waals surface area contributed by atoms with Crippen LogP contribution in [0.25, 0.3) is 11.3 Å². The van der Waals surface area contributed by atoms with Crippen LogP contribution in [0, 0.1) is 0 Å². The molecule has 1 aliphatic heterocycles. The van der Waals surface area contributed by atoms with E-state index >= 15 is 0 Å². The number of anilines is 1. The highest BCUT2D eigenvalue weighted by Crippen LogP contribution is 2.38. The molecule has 0 amide bonds. The Morgan fingerprint density at radius 2 is 1.60 bits per heavy atom. The number of ketones is 2. The zero-order valence-corrected chi connectivity index (χ0v) is 22.8. The van der Waals surface area contributed by atoms with E-state index in [1.54, 1.807) is 23.1 Å². The third-order valence-electron chi connectivity index (χ3n) is 6.58. The second-order valence-corrected chi connectivity index (χ2v) is 9.94. The number of carbonyl (C=O) groups is 2. The van der Waals surface area contributed by atoms with Gasteiger partial charge in [0.25, 0.3) is 0 Å². The summed E-state index contributed by atoms with van der Waals surface area (Å²) in [5.74, 6) is -1.90. The van der Waals surface area contributed by atoms with Crippen LogP contribution in [0.4, 0.5) is 32.2 Å². The normalized spacial score (nSPS) is 14.3. The molecule has 16 heteroatoms. The van der Waals surface area contributed by atoms with Gasteiger partial charge in [-0.3, -0.25) is 9.59 Å². The van der Waals surface area contributed by atoms with Gasteiger partial charge >= 0.3 is 12.4 Å². The highest BCUT2D eigenvalue weighted by Gasteiger charge is 2.38. The molecule has 5 rings (SSSR count). The molecule has 226 valence electrons. The number of rotatable bonds is 7. The molecule has 3 heterocycles. The maximum Gasteiger partial charge on any atom is 0.416 e. The highest BCUT2D eigenvalue weighted by atomic mass is 35.5. The van der Waals surface area contributed by atoms with E-state index < -0.39 is 47.4 Å². The van der Waals surface area contributed by atoms with Gasteiger partial charge in [0.15, 0.2) is 17.3 Å². The molecule has 0 atom stereocenters. The average molecular weight is 628 g/mol. The quantitative estimate of drug-likeness (QED) is 0.183. The molecule has 2 aromatic heterocycles. The van der Waals surface area contributed by atoms with E-state index in [0.717, 1.165) is 11.6 Å². The minimum atomic E-state index is -5.06. The first-order chi connectivity index (χ1) is 20.3. The van der Waals surface area contributed by atoms with Gasteiger partial charge < -0.3 is 14.2 Å². The summed E-state index contributed by atoms with van der Waals surface area (Å²) in [7, 11) is 0. The summed E-state index contributed by atoms with van der Waals surface area (Å²) in [6, 6.07) is 7.51. The third-order valence-corrected chi connectivity index (χ3v) is 6.91. The summed E-state index contributed by atoms with van der Waals surface area (Å²) in [6.45, 7) is 1.36. The van der Waals surface area contributed by atoms with E-state index in [9.17, 15) is 35.9 Å². The molecule has 9 nitrogen and oxygen atoms in total. The molecule has 4 aromatic rings. The van der Waals surface area contributed by atoms with E-state index in [4.69, 9.17) is 20.9 Å². The minimum absolute atomic E-state index is 0.0000751. The van der Waals surface area contributed by atoms with Crippen LogP contribution >= 0.6 is 11.6 Å². The Balaban J connectivity index is 1.65. The Kier molecular flexibility index (Phi) is 8.05. The molecule has 0 aliphatic carbocycles.